The number of unbranched alkanes of at least 4 members (excludes halogenated alkanes) is 4. The molecule has 0 radical (unpaired) electrons. The number of amides is 1. The first kappa shape index (κ1) is 16.4. The fourth-order valence-corrected chi connectivity index (χ4v) is 2.01. The number of methoxy groups -OCH3 is 1. The first-order chi connectivity index (χ1) is 9.77. The van der Waals surface area contributed by atoms with Crippen LogP contribution in [0.25, 0.3) is 0 Å². The van der Waals surface area contributed by atoms with Crippen LogP contribution >= 0.6 is 0 Å². The molecule has 1 amide bonds. The minimum absolute atomic E-state index is 0.105. The lowest BCUT2D eigenvalue weighted by atomic mass is 10.1. The maximum absolute atomic E-state index is 12.0. The van der Waals surface area contributed by atoms with Crippen LogP contribution in [0.2, 0.25) is 0 Å². The number of hydrogen-bond acceptors (Lipinski definition) is 3. The SMILES string of the molecule is COC(CCCCCCC=O)C(=O)Nc1ccccc1. The fourth-order valence-electron chi connectivity index (χ4n) is 2.01. The first-order valence-electron chi connectivity index (χ1n) is 7.10. The highest BCUT2D eigenvalue weighted by atomic mass is 16.5. The summed E-state index contributed by atoms with van der Waals surface area (Å²) < 4.78 is 5.24. The van der Waals surface area contributed by atoms with Gasteiger partial charge in [-0.1, -0.05) is 37.5 Å². The molecule has 1 aromatic rings. The highest BCUT2D eigenvalue weighted by Gasteiger charge is 2.17. The maximum atomic E-state index is 12.0. The fraction of sp³-hybridized carbons (Fsp3) is 0.500. The van der Waals surface area contributed by atoms with Crippen LogP contribution in [0.15, 0.2) is 30.3 Å². The van der Waals surface area contributed by atoms with E-state index in [1.165, 1.54) is 0 Å². The number of anilines is 1. The number of benzene rings is 1. The minimum atomic E-state index is -0.415. The van der Waals surface area contributed by atoms with Crippen molar-refractivity contribution in [2.75, 3.05) is 12.4 Å². The summed E-state index contributed by atoms with van der Waals surface area (Å²) in [4.78, 5) is 22.2. The highest BCUT2D eigenvalue weighted by molar-refractivity contribution is 5.94. The van der Waals surface area contributed by atoms with Crippen LogP contribution in [0.3, 0.4) is 0 Å². The van der Waals surface area contributed by atoms with Crippen molar-refractivity contribution in [1.82, 2.24) is 0 Å². The van der Waals surface area contributed by atoms with Gasteiger partial charge in [-0.2, -0.15) is 0 Å². The van der Waals surface area contributed by atoms with E-state index in [9.17, 15) is 9.59 Å². The summed E-state index contributed by atoms with van der Waals surface area (Å²) in [6.45, 7) is 0. The third kappa shape index (κ3) is 6.48. The normalized spacial score (nSPS) is 11.8. The second-order valence-corrected chi connectivity index (χ2v) is 4.74. The Balaban J connectivity index is 2.27. The van der Waals surface area contributed by atoms with Crippen LogP contribution in [-0.4, -0.2) is 25.4 Å². The summed E-state index contributed by atoms with van der Waals surface area (Å²) in [5.74, 6) is -0.105. The molecule has 1 rings (SSSR count). The molecule has 0 aliphatic rings. The smallest absolute Gasteiger partial charge is 0.253 e. The Morgan fingerprint density at radius 2 is 1.90 bits per heavy atom. The molecule has 1 atom stereocenters. The molecule has 0 aliphatic carbocycles. The third-order valence-corrected chi connectivity index (χ3v) is 3.16. The summed E-state index contributed by atoms with van der Waals surface area (Å²) in [7, 11) is 1.56. The minimum Gasteiger partial charge on any atom is -0.372 e. The van der Waals surface area contributed by atoms with Gasteiger partial charge in [0.15, 0.2) is 0 Å². The Morgan fingerprint density at radius 3 is 2.55 bits per heavy atom. The quantitative estimate of drug-likeness (QED) is 0.528. The number of carbonyl (C=O) groups is 2. The number of aldehydes is 1. The van der Waals surface area contributed by atoms with E-state index in [1.54, 1.807) is 7.11 Å². The zero-order chi connectivity index (χ0) is 14.6. The van der Waals surface area contributed by atoms with Gasteiger partial charge in [-0.3, -0.25) is 4.79 Å². The molecule has 20 heavy (non-hydrogen) atoms. The van der Waals surface area contributed by atoms with Crippen LogP contribution in [0.1, 0.15) is 38.5 Å². The van der Waals surface area contributed by atoms with Crippen molar-refractivity contribution in [2.24, 2.45) is 0 Å². The van der Waals surface area contributed by atoms with E-state index in [4.69, 9.17) is 4.74 Å². The van der Waals surface area contributed by atoms with E-state index < -0.39 is 6.10 Å². The molecule has 0 heterocycles. The highest BCUT2D eigenvalue weighted by Crippen LogP contribution is 2.12. The van der Waals surface area contributed by atoms with Crippen LogP contribution in [-0.2, 0) is 14.3 Å². The monoisotopic (exact) mass is 277 g/mol. The molecule has 0 saturated carbocycles. The Bertz CT molecular complexity index is 392. The van der Waals surface area contributed by atoms with Crippen molar-refractivity contribution in [3.8, 4) is 0 Å². The van der Waals surface area contributed by atoms with Gasteiger partial charge in [0.25, 0.3) is 5.91 Å². The van der Waals surface area contributed by atoms with Crippen LogP contribution in [0, 0.1) is 0 Å². The largest absolute Gasteiger partial charge is 0.372 e. The lowest BCUT2D eigenvalue weighted by Gasteiger charge is -2.15. The van der Waals surface area contributed by atoms with E-state index in [0.717, 1.165) is 37.7 Å². The van der Waals surface area contributed by atoms with Gasteiger partial charge >= 0.3 is 0 Å². The Hall–Kier alpha value is -1.68. The molecule has 0 saturated heterocycles. The van der Waals surface area contributed by atoms with Crippen LogP contribution in [0.5, 0.6) is 0 Å². The molecule has 1 N–H and O–H groups in total. The molecular weight excluding hydrogens is 254 g/mol. The third-order valence-electron chi connectivity index (χ3n) is 3.16. The molecular formula is C16H23NO3. The summed E-state index contributed by atoms with van der Waals surface area (Å²) in [5.41, 5.74) is 0.783. The van der Waals surface area contributed by atoms with Crippen LogP contribution < -0.4 is 5.32 Å². The molecule has 0 spiro atoms. The predicted octanol–water partition coefficient (Wildman–Crippen LogP) is 3.18. The van der Waals surface area contributed by atoms with E-state index in [2.05, 4.69) is 5.32 Å². The average Bonchev–Trinajstić information content (AvgIpc) is 2.47. The number of nitrogens with one attached hydrogen (secondary N) is 1. The average molecular weight is 277 g/mol. The molecule has 4 heteroatoms. The summed E-state index contributed by atoms with van der Waals surface area (Å²) in [6, 6.07) is 9.37. The second-order valence-electron chi connectivity index (χ2n) is 4.74. The Kier molecular flexibility index (Phi) is 8.31. The van der Waals surface area contributed by atoms with Crippen molar-refractivity contribution in [3.05, 3.63) is 30.3 Å². The van der Waals surface area contributed by atoms with E-state index in [-0.39, 0.29) is 5.91 Å². The standard InChI is InChI=1S/C16H23NO3/c1-20-15(12-8-3-2-4-9-13-18)16(19)17-14-10-6-5-7-11-14/h5-7,10-11,13,15H,2-4,8-9,12H2,1H3,(H,17,19). The molecule has 4 nitrogen and oxygen atoms in total. The maximum Gasteiger partial charge on any atom is 0.253 e. The van der Waals surface area contributed by atoms with Gasteiger partial charge in [-0.25, -0.2) is 0 Å². The first-order valence-corrected chi connectivity index (χ1v) is 7.10. The molecule has 1 unspecified atom stereocenters. The molecule has 0 fully saturated rings. The van der Waals surface area contributed by atoms with Crippen molar-refractivity contribution in [2.45, 2.75) is 44.6 Å². The summed E-state index contributed by atoms with van der Waals surface area (Å²) in [5, 5.41) is 2.84. The number of rotatable bonds is 10. The predicted molar refractivity (Wildman–Crippen MR) is 79.6 cm³/mol. The summed E-state index contributed by atoms with van der Waals surface area (Å²) >= 11 is 0. The van der Waals surface area contributed by atoms with Gasteiger partial charge in [0.2, 0.25) is 0 Å². The van der Waals surface area contributed by atoms with Gasteiger partial charge in [-0.05, 0) is 25.0 Å². The summed E-state index contributed by atoms with van der Waals surface area (Å²) in [6.07, 6.45) is 5.77. The Morgan fingerprint density at radius 1 is 1.20 bits per heavy atom. The van der Waals surface area contributed by atoms with Gasteiger partial charge in [-0.15, -0.1) is 0 Å². The lowest BCUT2D eigenvalue weighted by molar-refractivity contribution is -0.126. The molecule has 0 aliphatic heterocycles. The number of carbonyl (C=O) groups excluding carboxylic acids is 2. The topological polar surface area (TPSA) is 55.4 Å². The van der Waals surface area contributed by atoms with E-state index >= 15 is 0 Å². The molecule has 110 valence electrons. The van der Waals surface area contributed by atoms with Crippen molar-refractivity contribution >= 4 is 17.9 Å². The van der Waals surface area contributed by atoms with Gasteiger partial charge in [0, 0.05) is 19.2 Å². The molecule has 0 aromatic heterocycles. The second kappa shape index (κ2) is 10.1. The Labute approximate surface area is 120 Å². The zero-order valence-corrected chi connectivity index (χ0v) is 12.0. The van der Waals surface area contributed by atoms with Crippen LogP contribution in [0.4, 0.5) is 5.69 Å². The van der Waals surface area contributed by atoms with E-state index in [1.807, 2.05) is 30.3 Å². The number of para-hydroxylation sites is 1. The number of ether oxygens (including phenoxy) is 1. The van der Waals surface area contributed by atoms with E-state index in [0.29, 0.717) is 12.8 Å². The lowest BCUT2D eigenvalue weighted by Crippen LogP contribution is -2.29. The zero-order valence-electron chi connectivity index (χ0n) is 12.0. The van der Waals surface area contributed by atoms with Gasteiger partial charge in [0.05, 0.1) is 0 Å². The van der Waals surface area contributed by atoms with Gasteiger partial charge in [0.1, 0.15) is 12.4 Å². The van der Waals surface area contributed by atoms with Gasteiger partial charge < -0.3 is 14.8 Å². The van der Waals surface area contributed by atoms with Crippen molar-refractivity contribution in [1.29, 1.82) is 0 Å². The number of hydrogen-bond donors (Lipinski definition) is 1. The molecule has 1 aromatic carbocycles. The van der Waals surface area contributed by atoms with Crippen molar-refractivity contribution in [3.63, 3.8) is 0 Å². The van der Waals surface area contributed by atoms with Crippen molar-refractivity contribution < 1.29 is 14.3 Å². The molecule has 0 bridgehead atoms.